The highest BCUT2D eigenvalue weighted by atomic mass is 31.2. The number of methoxy groups -OCH3 is 1. The predicted molar refractivity (Wildman–Crippen MR) is 173 cm³/mol. The van der Waals surface area contributed by atoms with E-state index in [0.717, 1.165) is 23.8 Å². The minimum atomic E-state index is -4.33. The van der Waals surface area contributed by atoms with Crippen LogP contribution in [0.1, 0.15) is 29.2 Å². The predicted octanol–water partition coefficient (Wildman–Crippen LogP) is 6.82. The SMILES string of the molecule is COC(=O)[C@](C)(Cc1ccc(OP(=O)(OCc2ccccc2)OCc2ccccc2)c(OCc2ccccc2)c1)N(NC(=O)O)C(=O)O. The number of benzene rings is 4. The largest absolute Gasteiger partial charge is 0.530 e. The maximum absolute atomic E-state index is 14.1. The number of carbonyl (C=O) groups excluding carboxylic acids is 1. The Kier molecular flexibility index (Phi) is 12.2. The molecule has 0 heterocycles. The number of phosphoric acid groups is 1. The molecule has 4 aromatic carbocycles. The molecule has 1 atom stereocenters. The fourth-order valence-corrected chi connectivity index (χ4v) is 5.78. The Balaban J connectivity index is 1.70. The molecule has 14 heteroatoms. The highest BCUT2D eigenvalue weighted by Crippen LogP contribution is 2.53. The summed E-state index contributed by atoms with van der Waals surface area (Å²) in [5, 5.41) is 19.3. The Morgan fingerprint density at radius 3 is 1.69 bits per heavy atom. The molecule has 3 N–H and O–H groups in total. The number of ether oxygens (including phenoxy) is 2. The number of phosphoric ester groups is 1. The van der Waals surface area contributed by atoms with Gasteiger partial charge in [-0.1, -0.05) is 97.1 Å². The quantitative estimate of drug-likeness (QED) is 0.0685. The molecule has 0 aliphatic rings. The van der Waals surface area contributed by atoms with Crippen LogP contribution in [-0.2, 0) is 49.4 Å². The average Bonchev–Trinajstić information content (AvgIpc) is 3.09. The zero-order valence-electron chi connectivity index (χ0n) is 26.2. The molecule has 0 radical (unpaired) electrons. The first-order valence-corrected chi connectivity index (χ1v) is 16.0. The summed E-state index contributed by atoms with van der Waals surface area (Å²) >= 11 is 0. The molecule has 252 valence electrons. The van der Waals surface area contributed by atoms with Crippen molar-refractivity contribution >= 4 is 26.0 Å². The highest BCUT2D eigenvalue weighted by molar-refractivity contribution is 7.48. The number of rotatable bonds is 15. The lowest BCUT2D eigenvalue weighted by molar-refractivity contribution is -0.154. The van der Waals surface area contributed by atoms with Crippen molar-refractivity contribution in [2.45, 2.75) is 38.7 Å². The summed E-state index contributed by atoms with van der Waals surface area (Å²) in [5.74, 6) is -1.000. The fraction of sp³-hybridized carbons (Fsp3) is 0.206. The first kappa shape index (κ1) is 35.5. The van der Waals surface area contributed by atoms with Crippen LogP contribution in [0, 0.1) is 0 Å². The summed E-state index contributed by atoms with van der Waals surface area (Å²) in [6.07, 6.45) is -3.80. The second-order valence-electron chi connectivity index (χ2n) is 10.6. The van der Waals surface area contributed by atoms with Gasteiger partial charge in [-0.05, 0) is 41.3 Å². The summed E-state index contributed by atoms with van der Waals surface area (Å²) in [4.78, 5) is 36.4. The molecule has 0 aliphatic carbocycles. The van der Waals surface area contributed by atoms with Crippen molar-refractivity contribution in [3.63, 3.8) is 0 Å². The van der Waals surface area contributed by atoms with Gasteiger partial charge in [0.05, 0.1) is 20.3 Å². The van der Waals surface area contributed by atoms with E-state index in [1.165, 1.54) is 25.1 Å². The molecule has 0 bridgehead atoms. The van der Waals surface area contributed by atoms with Gasteiger partial charge in [0, 0.05) is 6.42 Å². The number of carboxylic acid groups (broad SMARTS) is 2. The molecule has 4 aromatic rings. The van der Waals surface area contributed by atoms with Crippen LogP contribution in [0.5, 0.6) is 11.5 Å². The number of carbonyl (C=O) groups is 3. The van der Waals surface area contributed by atoms with Gasteiger partial charge in [0.25, 0.3) is 0 Å². The van der Waals surface area contributed by atoms with Gasteiger partial charge in [0.1, 0.15) is 6.61 Å². The van der Waals surface area contributed by atoms with Crippen molar-refractivity contribution in [3.05, 3.63) is 131 Å². The summed E-state index contributed by atoms with van der Waals surface area (Å²) < 4.78 is 42.6. The summed E-state index contributed by atoms with van der Waals surface area (Å²) in [7, 11) is -3.28. The zero-order chi connectivity index (χ0) is 34.6. The molecule has 48 heavy (non-hydrogen) atoms. The van der Waals surface area contributed by atoms with E-state index in [-0.39, 0.29) is 42.7 Å². The van der Waals surface area contributed by atoms with Gasteiger partial charge >= 0.3 is 26.0 Å². The van der Waals surface area contributed by atoms with Crippen LogP contribution in [0.2, 0.25) is 0 Å². The minimum absolute atomic E-state index is 0.0299. The minimum Gasteiger partial charge on any atom is -0.485 e. The second-order valence-corrected chi connectivity index (χ2v) is 12.2. The number of nitrogens with one attached hydrogen (secondary N) is 1. The number of hydrogen-bond donors (Lipinski definition) is 3. The second kappa shape index (κ2) is 16.5. The Hall–Kier alpha value is -5.36. The van der Waals surface area contributed by atoms with Crippen LogP contribution < -0.4 is 14.7 Å². The summed E-state index contributed by atoms with van der Waals surface area (Å²) in [5.41, 5.74) is 2.25. The molecule has 2 amide bonds. The Bertz CT molecular complexity index is 1680. The van der Waals surface area contributed by atoms with Gasteiger partial charge in [-0.3, -0.25) is 9.05 Å². The molecule has 0 aromatic heterocycles. The van der Waals surface area contributed by atoms with Gasteiger partial charge < -0.3 is 24.2 Å². The molecule has 0 saturated carbocycles. The van der Waals surface area contributed by atoms with E-state index in [9.17, 15) is 29.2 Å². The van der Waals surface area contributed by atoms with Gasteiger partial charge in [0.15, 0.2) is 17.0 Å². The molecule has 0 unspecified atom stereocenters. The number of hydrogen-bond acceptors (Lipinski definition) is 9. The lowest BCUT2D eigenvalue weighted by Crippen LogP contribution is -2.63. The van der Waals surface area contributed by atoms with Crippen molar-refractivity contribution in [2.75, 3.05) is 7.11 Å². The average molecular weight is 679 g/mol. The van der Waals surface area contributed by atoms with E-state index in [0.29, 0.717) is 5.56 Å². The summed E-state index contributed by atoms with van der Waals surface area (Å²) in [6.45, 7) is 1.08. The van der Waals surface area contributed by atoms with Crippen LogP contribution >= 0.6 is 7.82 Å². The van der Waals surface area contributed by atoms with Crippen molar-refractivity contribution < 1.29 is 52.2 Å². The number of esters is 1. The van der Waals surface area contributed by atoms with Gasteiger partial charge in [0.2, 0.25) is 0 Å². The summed E-state index contributed by atoms with van der Waals surface area (Å²) in [6, 6.07) is 31.6. The van der Waals surface area contributed by atoms with Crippen LogP contribution in [0.15, 0.2) is 109 Å². The molecule has 0 saturated heterocycles. The molecule has 0 spiro atoms. The molecule has 4 rings (SSSR count). The lowest BCUT2D eigenvalue weighted by atomic mass is 9.92. The Morgan fingerprint density at radius 1 is 0.729 bits per heavy atom. The van der Waals surface area contributed by atoms with Crippen molar-refractivity contribution in [1.29, 1.82) is 0 Å². The lowest BCUT2D eigenvalue weighted by Gasteiger charge is -2.36. The topological polar surface area (TPSA) is 170 Å². The van der Waals surface area contributed by atoms with Gasteiger partial charge in [-0.2, -0.15) is 5.01 Å². The van der Waals surface area contributed by atoms with Gasteiger partial charge in [-0.15, -0.1) is 0 Å². The molecular formula is C34H35N2O11P. The normalized spacial score (nSPS) is 12.3. The van der Waals surface area contributed by atoms with Crippen molar-refractivity contribution in [3.8, 4) is 11.5 Å². The van der Waals surface area contributed by atoms with Crippen molar-refractivity contribution in [1.82, 2.24) is 10.4 Å². The monoisotopic (exact) mass is 678 g/mol. The fourth-order valence-electron chi connectivity index (χ4n) is 4.59. The van der Waals surface area contributed by atoms with E-state index in [1.807, 2.05) is 66.7 Å². The number of amides is 2. The third-order valence-corrected chi connectivity index (χ3v) is 8.30. The van der Waals surface area contributed by atoms with Crippen LogP contribution in [0.3, 0.4) is 0 Å². The number of nitrogens with zero attached hydrogens (tertiary/aromatic N) is 1. The maximum atomic E-state index is 14.1. The highest BCUT2D eigenvalue weighted by Gasteiger charge is 2.45. The third-order valence-electron chi connectivity index (χ3n) is 6.99. The molecule has 0 aliphatic heterocycles. The Labute approximate surface area is 277 Å². The smallest absolute Gasteiger partial charge is 0.485 e. The molecule has 0 fully saturated rings. The van der Waals surface area contributed by atoms with Crippen LogP contribution in [0.4, 0.5) is 9.59 Å². The van der Waals surface area contributed by atoms with E-state index in [1.54, 1.807) is 29.7 Å². The van der Waals surface area contributed by atoms with Crippen LogP contribution in [-0.4, -0.2) is 46.0 Å². The maximum Gasteiger partial charge on any atom is 0.530 e. The van der Waals surface area contributed by atoms with Crippen molar-refractivity contribution in [2.24, 2.45) is 0 Å². The zero-order valence-corrected chi connectivity index (χ0v) is 27.1. The first-order chi connectivity index (χ1) is 23.0. The van der Waals surface area contributed by atoms with E-state index in [4.69, 9.17) is 23.0 Å². The van der Waals surface area contributed by atoms with Gasteiger partial charge in [-0.25, -0.2) is 24.4 Å². The first-order valence-electron chi connectivity index (χ1n) is 14.6. The third kappa shape index (κ3) is 9.82. The Morgan fingerprint density at radius 2 is 1.23 bits per heavy atom. The van der Waals surface area contributed by atoms with E-state index in [2.05, 4.69) is 0 Å². The molecule has 13 nitrogen and oxygen atoms in total. The number of hydrazine groups is 1. The standard InChI is InChI=1S/C34H35N2O11P/c1-34(31(37)43-2,36(33(40)41)35-32(38)39)21-28-18-19-29(30(20-28)44-22-25-12-6-3-7-13-25)47-48(42,45-23-26-14-8-4-9-15-26)46-24-27-16-10-5-11-17-27/h3-20,35H,21-24H2,1-2H3,(H,38,39)(H,40,41)/t34-/m0/s1. The molecular weight excluding hydrogens is 643 g/mol. The van der Waals surface area contributed by atoms with E-state index < -0.39 is 31.5 Å². The van der Waals surface area contributed by atoms with E-state index >= 15 is 0 Å². The van der Waals surface area contributed by atoms with Crippen LogP contribution in [0.25, 0.3) is 0 Å².